The molecule has 1 amide bonds. The van der Waals surface area contributed by atoms with Gasteiger partial charge in [0.25, 0.3) is 10.0 Å². The van der Waals surface area contributed by atoms with E-state index in [0.29, 0.717) is 12.0 Å². The molecule has 1 aliphatic rings. The van der Waals surface area contributed by atoms with Gasteiger partial charge in [-0.2, -0.15) is 4.31 Å². The van der Waals surface area contributed by atoms with Crippen LogP contribution in [-0.2, 0) is 14.8 Å². The van der Waals surface area contributed by atoms with Crippen molar-refractivity contribution in [1.29, 1.82) is 0 Å². The number of allylic oxidation sites excluding steroid dienone is 1. The lowest BCUT2D eigenvalue weighted by atomic mass is 9.81. The normalized spacial score (nSPS) is 23.0. The maximum Gasteiger partial charge on any atom is 0.424 e. The molecule has 1 aromatic rings. The fraction of sp³-hybridized carbons (Fsp3) is 0.421. The molecule has 1 heterocycles. The average Bonchev–Trinajstić information content (AvgIpc) is 2.50. The third kappa shape index (κ3) is 3.49. The summed E-state index contributed by atoms with van der Waals surface area (Å²) < 4.78 is 32.5. The van der Waals surface area contributed by atoms with Crippen molar-refractivity contribution in [2.45, 2.75) is 50.7 Å². The van der Waals surface area contributed by atoms with Crippen molar-refractivity contribution in [3.63, 3.8) is 0 Å². The lowest BCUT2D eigenvalue weighted by molar-refractivity contribution is -0.0593. The molecular weight excluding hydrogens is 338 g/mol. The van der Waals surface area contributed by atoms with Crippen LogP contribution in [0.3, 0.4) is 0 Å². The van der Waals surface area contributed by atoms with E-state index in [2.05, 4.69) is 13.2 Å². The lowest BCUT2D eigenvalue weighted by Gasteiger charge is -2.47. The minimum atomic E-state index is -4.06. The summed E-state index contributed by atoms with van der Waals surface area (Å²) in [6.07, 6.45) is 1.19. The van der Waals surface area contributed by atoms with Gasteiger partial charge in [-0.25, -0.2) is 13.2 Å². The Bertz CT molecular complexity index is 793. The molecular formula is C19H25NO4S. The SMILES string of the molecule is C=CCC(=C)[C@@H]1[C@@H](C)C(C)(C)OC(=O)N1S(=O)(=O)c1ccc(C)cc1. The Labute approximate surface area is 150 Å². The number of carbonyl (C=O) groups excluding carboxylic acids is 1. The number of hydrogen-bond donors (Lipinski definition) is 0. The summed E-state index contributed by atoms with van der Waals surface area (Å²) in [7, 11) is -4.06. The monoisotopic (exact) mass is 363 g/mol. The highest BCUT2D eigenvalue weighted by atomic mass is 32.2. The number of sulfonamides is 1. The number of ether oxygens (including phenoxy) is 1. The van der Waals surface area contributed by atoms with Crippen molar-refractivity contribution in [1.82, 2.24) is 4.31 Å². The first-order chi connectivity index (χ1) is 11.5. The number of rotatable bonds is 5. The Morgan fingerprint density at radius 1 is 1.32 bits per heavy atom. The first-order valence-corrected chi connectivity index (χ1v) is 9.59. The molecule has 0 spiro atoms. The molecule has 1 fully saturated rings. The van der Waals surface area contributed by atoms with Crippen LogP contribution in [0, 0.1) is 12.8 Å². The molecule has 136 valence electrons. The van der Waals surface area contributed by atoms with E-state index in [0.717, 1.165) is 9.87 Å². The van der Waals surface area contributed by atoms with Gasteiger partial charge in [0.1, 0.15) is 5.60 Å². The molecule has 0 aliphatic carbocycles. The zero-order valence-electron chi connectivity index (χ0n) is 15.2. The number of hydrogen-bond acceptors (Lipinski definition) is 4. The Kier molecular flexibility index (Phi) is 5.14. The van der Waals surface area contributed by atoms with Gasteiger partial charge in [-0.1, -0.05) is 37.3 Å². The van der Waals surface area contributed by atoms with Crippen LogP contribution in [0.2, 0.25) is 0 Å². The molecule has 0 unspecified atom stereocenters. The molecule has 0 bridgehead atoms. The van der Waals surface area contributed by atoms with E-state index in [9.17, 15) is 13.2 Å². The van der Waals surface area contributed by atoms with Gasteiger partial charge in [-0.15, -0.1) is 6.58 Å². The van der Waals surface area contributed by atoms with Crippen LogP contribution in [-0.4, -0.2) is 30.5 Å². The summed E-state index contributed by atoms with van der Waals surface area (Å²) in [5.74, 6) is -0.266. The number of cyclic esters (lactones) is 1. The Morgan fingerprint density at radius 3 is 2.40 bits per heavy atom. The first-order valence-electron chi connectivity index (χ1n) is 8.15. The second-order valence-electron chi connectivity index (χ2n) is 6.97. The predicted molar refractivity (Wildman–Crippen MR) is 97.7 cm³/mol. The molecule has 2 rings (SSSR count). The van der Waals surface area contributed by atoms with Crippen molar-refractivity contribution in [2.24, 2.45) is 5.92 Å². The summed E-state index contributed by atoms with van der Waals surface area (Å²) >= 11 is 0. The van der Waals surface area contributed by atoms with Crippen LogP contribution in [0.1, 0.15) is 32.8 Å². The number of nitrogens with zero attached hydrogens (tertiary/aromatic N) is 1. The molecule has 0 aromatic heterocycles. The minimum absolute atomic E-state index is 0.0540. The molecule has 0 saturated carbocycles. The summed E-state index contributed by atoms with van der Waals surface area (Å²) in [6.45, 7) is 15.0. The molecule has 0 radical (unpaired) electrons. The van der Waals surface area contributed by atoms with Gasteiger partial charge in [-0.05, 0) is 44.9 Å². The van der Waals surface area contributed by atoms with Crippen LogP contribution in [0.25, 0.3) is 0 Å². The number of amides is 1. The van der Waals surface area contributed by atoms with Crippen LogP contribution in [0.15, 0.2) is 54.0 Å². The van der Waals surface area contributed by atoms with Crippen LogP contribution in [0.5, 0.6) is 0 Å². The van der Waals surface area contributed by atoms with Gasteiger partial charge in [0, 0.05) is 5.92 Å². The van der Waals surface area contributed by atoms with Crippen molar-refractivity contribution < 1.29 is 17.9 Å². The molecule has 5 nitrogen and oxygen atoms in total. The Hall–Kier alpha value is -2.08. The number of carbonyl (C=O) groups is 1. The molecule has 25 heavy (non-hydrogen) atoms. The van der Waals surface area contributed by atoms with Gasteiger partial charge in [0.15, 0.2) is 0 Å². The van der Waals surface area contributed by atoms with E-state index in [4.69, 9.17) is 4.74 Å². The largest absolute Gasteiger partial charge is 0.442 e. The minimum Gasteiger partial charge on any atom is -0.442 e. The van der Waals surface area contributed by atoms with Crippen LogP contribution < -0.4 is 0 Å². The smallest absolute Gasteiger partial charge is 0.424 e. The van der Waals surface area contributed by atoms with E-state index in [-0.39, 0.29) is 10.8 Å². The predicted octanol–water partition coefficient (Wildman–Crippen LogP) is 4.05. The second-order valence-corrected chi connectivity index (χ2v) is 8.78. The van der Waals surface area contributed by atoms with E-state index in [1.807, 2.05) is 13.8 Å². The Morgan fingerprint density at radius 2 is 1.88 bits per heavy atom. The van der Waals surface area contributed by atoms with Gasteiger partial charge in [0.05, 0.1) is 10.9 Å². The topological polar surface area (TPSA) is 63.7 Å². The average molecular weight is 363 g/mol. The maximum atomic E-state index is 13.1. The van der Waals surface area contributed by atoms with Crippen molar-refractivity contribution in [3.05, 3.63) is 54.6 Å². The number of benzene rings is 1. The molecule has 0 N–H and O–H groups in total. The molecule has 2 atom stereocenters. The van der Waals surface area contributed by atoms with E-state index >= 15 is 0 Å². The number of aryl methyl sites for hydroxylation is 1. The third-order valence-electron chi connectivity index (χ3n) is 4.76. The van der Waals surface area contributed by atoms with Gasteiger partial charge >= 0.3 is 6.09 Å². The molecule has 6 heteroatoms. The Balaban J connectivity index is 2.57. The quantitative estimate of drug-likeness (QED) is 0.740. The van der Waals surface area contributed by atoms with E-state index in [1.165, 1.54) is 12.1 Å². The second kappa shape index (κ2) is 6.67. The third-order valence-corrected chi connectivity index (χ3v) is 6.52. The van der Waals surface area contributed by atoms with Crippen molar-refractivity contribution in [2.75, 3.05) is 0 Å². The highest BCUT2D eigenvalue weighted by molar-refractivity contribution is 7.89. The van der Waals surface area contributed by atoms with Gasteiger partial charge in [0.2, 0.25) is 0 Å². The van der Waals surface area contributed by atoms with E-state index in [1.54, 1.807) is 32.1 Å². The summed E-state index contributed by atoms with van der Waals surface area (Å²) in [5, 5.41) is 0. The lowest BCUT2D eigenvalue weighted by Crippen LogP contribution is -2.60. The maximum absolute atomic E-state index is 13.1. The molecule has 1 aliphatic heterocycles. The van der Waals surface area contributed by atoms with Crippen molar-refractivity contribution >= 4 is 16.1 Å². The zero-order valence-corrected chi connectivity index (χ0v) is 16.0. The van der Waals surface area contributed by atoms with Gasteiger partial charge < -0.3 is 4.74 Å². The molecule has 1 aromatic carbocycles. The van der Waals surface area contributed by atoms with Crippen molar-refractivity contribution in [3.8, 4) is 0 Å². The van der Waals surface area contributed by atoms with Crippen LogP contribution in [0.4, 0.5) is 4.79 Å². The summed E-state index contributed by atoms with van der Waals surface area (Å²) in [5.41, 5.74) is 0.746. The first kappa shape index (κ1) is 19.2. The highest BCUT2D eigenvalue weighted by Gasteiger charge is 2.51. The zero-order chi connectivity index (χ0) is 19.0. The molecule has 1 saturated heterocycles. The van der Waals surface area contributed by atoms with Crippen LogP contribution >= 0.6 is 0 Å². The standard InChI is InChI=1S/C19H25NO4S/c1-7-8-14(3)17-15(4)19(5,6)24-18(21)20(17)25(22,23)16-11-9-13(2)10-12-16/h7,9-12,15,17H,1,3,8H2,2,4-6H3/t15-,17-/m1/s1. The summed E-state index contributed by atoms with van der Waals surface area (Å²) in [6, 6.07) is 5.69. The van der Waals surface area contributed by atoms with E-state index < -0.39 is 27.8 Å². The highest BCUT2D eigenvalue weighted by Crippen LogP contribution is 2.39. The fourth-order valence-electron chi connectivity index (χ4n) is 2.96. The fourth-order valence-corrected chi connectivity index (χ4v) is 4.53. The van der Waals surface area contributed by atoms with Gasteiger partial charge in [-0.3, -0.25) is 0 Å². The summed E-state index contributed by atoms with van der Waals surface area (Å²) in [4.78, 5) is 12.7.